The van der Waals surface area contributed by atoms with E-state index in [9.17, 15) is 14.7 Å². The van der Waals surface area contributed by atoms with E-state index in [1.54, 1.807) is 23.1 Å². The second kappa shape index (κ2) is 13.6. The highest BCUT2D eigenvalue weighted by Crippen LogP contribution is 2.40. The van der Waals surface area contributed by atoms with Crippen molar-refractivity contribution in [2.75, 3.05) is 52.6 Å². The van der Waals surface area contributed by atoms with E-state index in [1.165, 1.54) is 0 Å². The van der Waals surface area contributed by atoms with Crippen LogP contribution in [-0.4, -0.2) is 79.2 Å². The molecule has 0 radical (unpaired) electrons. The summed E-state index contributed by atoms with van der Waals surface area (Å²) in [5.41, 5.74) is 2.19. The Hall–Kier alpha value is -3.36. The lowest BCUT2D eigenvalue weighted by atomic mass is 9.94. The second-order valence-corrected chi connectivity index (χ2v) is 10.0. The minimum Gasteiger partial charge on any atom is -0.507 e. The van der Waals surface area contributed by atoms with Gasteiger partial charge in [0, 0.05) is 31.7 Å². The number of carbonyl (C=O) groups is 2. The van der Waals surface area contributed by atoms with E-state index in [4.69, 9.17) is 14.2 Å². The number of ether oxygens (including phenoxy) is 3. The number of aryl methyl sites for hydroxylation is 1. The van der Waals surface area contributed by atoms with Gasteiger partial charge in [-0.05, 0) is 67.6 Å². The van der Waals surface area contributed by atoms with Gasteiger partial charge in [0.15, 0.2) is 0 Å². The fourth-order valence-electron chi connectivity index (χ4n) is 5.04. The smallest absolute Gasteiger partial charge is 0.295 e. The Bertz CT molecular complexity index is 1170. The molecule has 8 heteroatoms. The molecule has 2 aromatic carbocycles. The fraction of sp³-hybridized carbons (Fsp3) is 0.484. The third kappa shape index (κ3) is 6.81. The van der Waals surface area contributed by atoms with E-state index in [0.29, 0.717) is 45.0 Å². The Labute approximate surface area is 231 Å². The molecule has 2 heterocycles. The Morgan fingerprint density at radius 3 is 2.33 bits per heavy atom. The molecule has 1 atom stereocenters. The van der Waals surface area contributed by atoms with Gasteiger partial charge in [-0.1, -0.05) is 26.0 Å². The van der Waals surface area contributed by atoms with Crippen LogP contribution in [0.3, 0.4) is 0 Å². The van der Waals surface area contributed by atoms with Gasteiger partial charge in [0.1, 0.15) is 17.3 Å². The van der Waals surface area contributed by atoms with Gasteiger partial charge in [0.05, 0.1) is 38.0 Å². The van der Waals surface area contributed by atoms with Crippen molar-refractivity contribution in [1.29, 1.82) is 0 Å². The molecule has 1 N–H and O–H groups in total. The number of aliphatic hydroxyl groups is 1. The first-order valence-corrected chi connectivity index (χ1v) is 14.0. The van der Waals surface area contributed by atoms with E-state index in [1.807, 2.05) is 45.0 Å². The van der Waals surface area contributed by atoms with Gasteiger partial charge < -0.3 is 24.2 Å². The van der Waals surface area contributed by atoms with Crippen LogP contribution < -0.4 is 9.47 Å². The normalized spacial score (nSPS) is 19.5. The molecule has 210 valence electrons. The Morgan fingerprint density at radius 1 is 0.974 bits per heavy atom. The van der Waals surface area contributed by atoms with Crippen LogP contribution in [-0.2, 0) is 14.3 Å². The minimum atomic E-state index is -0.689. The Balaban J connectivity index is 1.66. The van der Waals surface area contributed by atoms with Gasteiger partial charge in [-0.25, -0.2) is 0 Å². The zero-order valence-corrected chi connectivity index (χ0v) is 23.3. The van der Waals surface area contributed by atoms with Crippen molar-refractivity contribution in [1.82, 2.24) is 9.80 Å². The van der Waals surface area contributed by atoms with Gasteiger partial charge in [0.25, 0.3) is 11.7 Å². The molecule has 4 rings (SSSR count). The van der Waals surface area contributed by atoms with Crippen molar-refractivity contribution >= 4 is 17.4 Å². The average molecular weight is 537 g/mol. The van der Waals surface area contributed by atoms with Crippen molar-refractivity contribution in [3.8, 4) is 11.5 Å². The monoisotopic (exact) mass is 536 g/mol. The average Bonchev–Trinajstić information content (AvgIpc) is 3.21. The third-order valence-corrected chi connectivity index (χ3v) is 7.10. The molecule has 0 spiro atoms. The maximum Gasteiger partial charge on any atom is 0.295 e. The molecule has 2 aliphatic heterocycles. The second-order valence-electron chi connectivity index (χ2n) is 10.0. The van der Waals surface area contributed by atoms with Crippen LogP contribution in [0.5, 0.6) is 11.5 Å². The van der Waals surface area contributed by atoms with Crippen LogP contribution in [0.25, 0.3) is 5.76 Å². The van der Waals surface area contributed by atoms with Crippen molar-refractivity contribution in [2.45, 2.75) is 46.1 Å². The topological polar surface area (TPSA) is 88.5 Å². The molecule has 2 saturated heterocycles. The number of amides is 1. The summed E-state index contributed by atoms with van der Waals surface area (Å²) >= 11 is 0. The highest BCUT2D eigenvalue weighted by atomic mass is 16.5. The lowest BCUT2D eigenvalue weighted by Crippen LogP contribution is -2.38. The largest absolute Gasteiger partial charge is 0.507 e. The maximum absolute atomic E-state index is 13.4. The highest BCUT2D eigenvalue weighted by molar-refractivity contribution is 6.46. The zero-order valence-electron chi connectivity index (χ0n) is 23.3. The predicted octanol–water partition coefficient (Wildman–Crippen LogP) is 4.72. The Morgan fingerprint density at radius 2 is 1.67 bits per heavy atom. The van der Waals surface area contributed by atoms with Gasteiger partial charge in [-0.15, -0.1) is 0 Å². The number of rotatable bonds is 12. The van der Waals surface area contributed by atoms with Crippen LogP contribution in [0.1, 0.15) is 55.8 Å². The fourth-order valence-corrected chi connectivity index (χ4v) is 5.04. The molecule has 1 amide bonds. The number of benzene rings is 2. The van der Waals surface area contributed by atoms with E-state index in [2.05, 4.69) is 4.90 Å². The maximum atomic E-state index is 13.4. The number of hydrogen-bond acceptors (Lipinski definition) is 7. The molecule has 0 aromatic heterocycles. The quantitative estimate of drug-likeness (QED) is 0.239. The molecule has 2 aliphatic rings. The van der Waals surface area contributed by atoms with Crippen LogP contribution in [0.15, 0.2) is 48.0 Å². The molecule has 2 aromatic rings. The zero-order chi connectivity index (χ0) is 27.8. The van der Waals surface area contributed by atoms with Crippen LogP contribution in [0.2, 0.25) is 0 Å². The predicted molar refractivity (Wildman–Crippen MR) is 150 cm³/mol. The summed E-state index contributed by atoms with van der Waals surface area (Å²) < 4.78 is 16.9. The molecular weight excluding hydrogens is 496 g/mol. The molecule has 1 unspecified atom stereocenters. The molecule has 0 bridgehead atoms. The summed E-state index contributed by atoms with van der Waals surface area (Å²) in [5.74, 6) is 0.0263. The summed E-state index contributed by atoms with van der Waals surface area (Å²) in [5, 5.41) is 11.4. The molecule has 39 heavy (non-hydrogen) atoms. The van der Waals surface area contributed by atoms with Gasteiger partial charge in [-0.3, -0.25) is 14.5 Å². The van der Waals surface area contributed by atoms with Crippen molar-refractivity contribution < 1.29 is 28.9 Å². The first-order valence-electron chi connectivity index (χ1n) is 14.0. The molecule has 8 nitrogen and oxygen atoms in total. The number of hydrogen-bond donors (Lipinski definition) is 1. The summed E-state index contributed by atoms with van der Waals surface area (Å²) in [6.07, 6.45) is 2.50. The van der Waals surface area contributed by atoms with Crippen LogP contribution >= 0.6 is 0 Å². The standard InChI is InChI=1S/C31H40N2O6/c1-4-17-38-25-10-7-23(8-11-25)28-27(29(34)24-9-12-26(22(3)21-24)39-18-5-2)30(35)31(36)33(28)14-6-13-32-15-19-37-20-16-32/h7-12,21,28,34H,4-6,13-20H2,1-3H3/b29-27+. The Kier molecular flexibility index (Phi) is 10.0. The number of nitrogens with zero attached hydrogens (tertiary/aromatic N) is 2. The number of morpholine rings is 1. The van der Waals surface area contributed by atoms with E-state index >= 15 is 0 Å². The van der Waals surface area contributed by atoms with E-state index in [-0.39, 0.29) is 11.3 Å². The van der Waals surface area contributed by atoms with E-state index in [0.717, 1.165) is 55.1 Å². The molecule has 2 fully saturated rings. The summed E-state index contributed by atoms with van der Waals surface area (Å²) in [4.78, 5) is 30.6. The van der Waals surface area contributed by atoms with Crippen LogP contribution in [0.4, 0.5) is 0 Å². The SMILES string of the molecule is CCCOc1ccc(C2/C(=C(\O)c3ccc(OCCC)c(C)c3)C(=O)C(=O)N2CCCN2CCOCC2)cc1. The van der Waals surface area contributed by atoms with Gasteiger partial charge in [-0.2, -0.15) is 0 Å². The number of carbonyl (C=O) groups excluding carboxylic acids is 2. The first-order chi connectivity index (χ1) is 18.9. The lowest BCUT2D eigenvalue weighted by molar-refractivity contribution is -0.140. The third-order valence-electron chi connectivity index (χ3n) is 7.10. The van der Waals surface area contributed by atoms with E-state index < -0.39 is 17.7 Å². The summed E-state index contributed by atoms with van der Waals surface area (Å²) in [6.45, 7) is 11.5. The molecular formula is C31H40N2O6. The summed E-state index contributed by atoms with van der Waals surface area (Å²) in [7, 11) is 0. The van der Waals surface area contributed by atoms with Crippen molar-refractivity contribution in [2.24, 2.45) is 0 Å². The minimum absolute atomic E-state index is 0.107. The first kappa shape index (κ1) is 28.6. The summed E-state index contributed by atoms with van der Waals surface area (Å²) in [6, 6.07) is 12.1. The number of aliphatic hydroxyl groups excluding tert-OH is 1. The number of likely N-dealkylation sites (tertiary alicyclic amines) is 1. The highest BCUT2D eigenvalue weighted by Gasteiger charge is 2.45. The number of Topliss-reactive ketones (excluding diaryl/α,β-unsaturated/α-hetero) is 1. The van der Waals surface area contributed by atoms with Crippen molar-refractivity contribution in [3.05, 3.63) is 64.7 Å². The molecule has 0 aliphatic carbocycles. The van der Waals surface area contributed by atoms with Gasteiger partial charge in [0.2, 0.25) is 0 Å². The molecule has 0 saturated carbocycles. The van der Waals surface area contributed by atoms with Crippen molar-refractivity contribution in [3.63, 3.8) is 0 Å². The number of ketones is 1. The van der Waals surface area contributed by atoms with Crippen LogP contribution in [0, 0.1) is 6.92 Å². The van der Waals surface area contributed by atoms with Gasteiger partial charge >= 0.3 is 0 Å². The lowest BCUT2D eigenvalue weighted by Gasteiger charge is -2.29.